The third-order valence-electron chi connectivity index (χ3n) is 5.12. The largest absolute Gasteiger partial charge is 0.490 e. The number of benzene rings is 2. The monoisotopic (exact) mass is 516 g/mol. The Morgan fingerprint density at radius 3 is 2.52 bits per heavy atom. The Morgan fingerprint density at radius 2 is 1.82 bits per heavy atom. The first-order chi connectivity index (χ1) is 15.4. The van der Waals surface area contributed by atoms with Gasteiger partial charge in [0.15, 0.2) is 6.61 Å². The fraction of sp³-hybridized carbons (Fsp3) is 0.391. The van der Waals surface area contributed by atoms with Crippen molar-refractivity contribution < 1.29 is 23.8 Å². The minimum Gasteiger partial charge on any atom is -0.490 e. The molecule has 180 valence electrons. The first-order valence-corrected chi connectivity index (χ1v) is 11.1. The van der Waals surface area contributed by atoms with Crippen LogP contribution in [0.25, 0.3) is 0 Å². The number of rotatable bonds is 9. The summed E-state index contributed by atoms with van der Waals surface area (Å²) in [6, 6.07) is 12.0. The van der Waals surface area contributed by atoms with Gasteiger partial charge in [0, 0.05) is 37.8 Å². The summed E-state index contributed by atoms with van der Waals surface area (Å²) in [6.45, 7) is 2.86. The summed E-state index contributed by atoms with van der Waals surface area (Å²) < 4.78 is 15.9. The molecule has 1 heterocycles. The van der Waals surface area contributed by atoms with E-state index in [0.29, 0.717) is 27.9 Å². The summed E-state index contributed by atoms with van der Waals surface area (Å²) in [7, 11) is 1.29. The molecule has 1 saturated heterocycles. The topological polar surface area (TPSA) is 77.1 Å². The molecular weight excluding hydrogens is 491 g/mol. The van der Waals surface area contributed by atoms with Gasteiger partial charge in [-0.25, -0.2) is 4.79 Å². The molecule has 1 N–H and O–H groups in total. The molecule has 0 unspecified atom stereocenters. The molecular formula is C23H27Cl3N2O5. The zero-order valence-electron chi connectivity index (χ0n) is 18.2. The lowest BCUT2D eigenvalue weighted by molar-refractivity contribution is -0.142. The molecule has 1 aliphatic heterocycles. The summed E-state index contributed by atoms with van der Waals surface area (Å²) in [6.07, 6.45) is 1.92. The number of halogens is 3. The second-order valence-electron chi connectivity index (χ2n) is 7.38. The highest BCUT2D eigenvalue weighted by Gasteiger charge is 2.20. The van der Waals surface area contributed by atoms with E-state index >= 15 is 0 Å². The van der Waals surface area contributed by atoms with Crippen LogP contribution in [-0.4, -0.2) is 62.8 Å². The number of carbonyl (C=O) groups is 2. The molecule has 7 nitrogen and oxygen atoms in total. The van der Waals surface area contributed by atoms with E-state index in [1.54, 1.807) is 36.4 Å². The Balaban J connectivity index is 0.00000385. The van der Waals surface area contributed by atoms with Crippen molar-refractivity contribution in [3.8, 4) is 11.5 Å². The quantitative estimate of drug-likeness (QED) is 0.502. The van der Waals surface area contributed by atoms with Crippen molar-refractivity contribution in [2.45, 2.75) is 18.9 Å². The van der Waals surface area contributed by atoms with E-state index in [0.717, 1.165) is 38.2 Å². The molecule has 0 saturated carbocycles. The Hall–Kier alpha value is -2.19. The number of carbonyl (C=O) groups excluding carboxylic acids is 2. The van der Waals surface area contributed by atoms with Gasteiger partial charge in [-0.3, -0.25) is 4.79 Å². The second-order valence-corrected chi connectivity index (χ2v) is 8.20. The molecule has 33 heavy (non-hydrogen) atoms. The van der Waals surface area contributed by atoms with Crippen LogP contribution in [0.3, 0.4) is 0 Å². The van der Waals surface area contributed by atoms with Crippen LogP contribution in [0.1, 0.15) is 23.2 Å². The van der Waals surface area contributed by atoms with Crippen LogP contribution < -0.4 is 14.8 Å². The SMILES string of the molecule is COC(=O)COc1cccc(C(=O)NCCN2CCC(Oc3ccc(Cl)c(Cl)c3)CC2)c1.Cl. The van der Waals surface area contributed by atoms with E-state index in [-0.39, 0.29) is 31.0 Å². The first kappa shape index (κ1) is 27.1. The number of nitrogens with one attached hydrogen (secondary N) is 1. The van der Waals surface area contributed by atoms with Crippen LogP contribution in [0.2, 0.25) is 10.0 Å². The number of esters is 1. The molecule has 1 aliphatic rings. The maximum Gasteiger partial charge on any atom is 0.343 e. The van der Waals surface area contributed by atoms with E-state index in [1.165, 1.54) is 7.11 Å². The highest BCUT2D eigenvalue weighted by molar-refractivity contribution is 6.42. The zero-order valence-corrected chi connectivity index (χ0v) is 20.5. The molecule has 0 atom stereocenters. The number of hydrogen-bond donors (Lipinski definition) is 1. The minimum absolute atomic E-state index is 0. The van der Waals surface area contributed by atoms with Crippen LogP contribution >= 0.6 is 35.6 Å². The number of amides is 1. The van der Waals surface area contributed by atoms with Gasteiger partial charge in [0.1, 0.15) is 17.6 Å². The van der Waals surface area contributed by atoms with E-state index in [9.17, 15) is 9.59 Å². The zero-order chi connectivity index (χ0) is 22.9. The van der Waals surface area contributed by atoms with Crippen molar-refractivity contribution in [2.24, 2.45) is 0 Å². The predicted molar refractivity (Wildman–Crippen MR) is 130 cm³/mol. The van der Waals surface area contributed by atoms with Crippen LogP contribution in [0.4, 0.5) is 0 Å². The minimum atomic E-state index is -0.481. The lowest BCUT2D eigenvalue weighted by Gasteiger charge is -2.32. The average Bonchev–Trinajstić information content (AvgIpc) is 2.81. The van der Waals surface area contributed by atoms with Gasteiger partial charge in [0.25, 0.3) is 5.91 Å². The van der Waals surface area contributed by atoms with Gasteiger partial charge in [0.05, 0.1) is 17.2 Å². The van der Waals surface area contributed by atoms with Gasteiger partial charge in [-0.1, -0.05) is 29.3 Å². The fourth-order valence-electron chi connectivity index (χ4n) is 3.35. The van der Waals surface area contributed by atoms with Crippen molar-refractivity contribution in [3.63, 3.8) is 0 Å². The summed E-state index contributed by atoms with van der Waals surface area (Å²) in [5.41, 5.74) is 0.473. The Bertz CT molecular complexity index is 936. The van der Waals surface area contributed by atoms with Crippen LogP contribution in [0.15, 0.2) is 42.5 Å². The van der Waals surface area contributed by atoms with Crippen molar-refractivity contribution in [3.05, 3.63) is 58.1 Å². The third-order valence-corrected chi connectivity index (χ3v) is 5.86. The first-order valence-electron chi connectivity index (χ1n) is 10.4. The number of likely N-dealkylation sites (tertiary alicyclic amines) is 1. The molecule has 1 amide bonds. The lowest BCUT2D eigenvalue weighted by Crippen LogP contribution is -2.42. The molecule has 2 aromatic carbocycles. The van der Waals surface area contributed by atoms with Gasteiger partial charge < -0.3 is 24.4 Å². The van der Waals surface area contributed by atoms with E-state index < -0.39 is 5.97 Å². The van der Waals surface area contributed by atoms with Gasteiger partial charge in [0.2, 0.25) is 0 Å². The molecule has 10 heteroatoms. The van der Waals surface area contributed by atoms with Crippen molar-refractivity contribution in [1.82, 2.24) is 10.2 Å². The maximum atomic E-state index is 12.4. The van der Waals surface area contributed by atoms with E-state index in [4.69, 9.17) is 32.7 Å². The lowest BCUT2D eigenvalue weighted by atomic mass is 10.1. The maximum absolute atomic E-state index is 12.4. The van der Waals surface area contributed by atoms with Crippen LogP contribution in [0.5, 0.6) is 11.5 Å². The van der Waals surface area contributed by atoms with E-state index in [2.05, 4.69) is 15.0 Å². The van der Waals surface area contributed by atoms with Gasteiger partial charge in [-0.2, -0.15) is 0 Å². The normalized spacial score (nSPS) is 14.2. The Morgan fingerprint density at radius 1 is 1.06 bits per heavy atom. The van der Waals surface area contributed by atoms with Crippen molar-refractivity contribution in [2.75, 3.05) is 39.9 Å². The average molecular weight is 518 g/mol. The third kappa shape index (κ3) is 8.59. The molecule has 0 aliphatic carbocycles. The molecule has 1 fully saturated rings. The Labute approximate surface area is 209 Å². The molecule has 2 aromatic rings. The number of piperidine rings is 1. The predicted octanol–water partition coefficient (Wildman–Crippen LogP) is 4.24. The number of ether oxygens (including phenoxy) is 3. The van der Waals surface area contributed by atoms with Crippen molar-refractivity contribution >= 4 is 47.5 Å². The smallest absolute Gasteiger partial charge is 0.343 e. The van der Waals surface area contributed by atoms with E-state index in [1.807, 2.05) is 6.07 Å². The molecule has 0 aromatic heterocycles. The fourth-order valence-corrected chi connectivity index (χ4v) is 3.64. The second kappa shape index (κ2) is 13.5. The molecule has 0 bridgehead atoms. The standard InChI is InChI=1S/C23H26Cl2N2O5.ClH/c1-30-22(28)15-31-18-4-2-3-16(13-18)23(29)26-9-12-27-10-7-17(8-11-27)32-19-5-6-20(24)21(25)14-19;/h2-6,13-14,17H,7-12,15H2,1H3,(H,26,29);1H. The summed E-state index contributed by atoms with van der Waals surface area (Å²) >= 11 is 12.0. The number of hydrogen-bond acceptors (Lipinski definition) is 6. The number of methoxy groups -OCH3 is 1. The number of nitrogens with zero attached hydrogens (tertiary/aromatic N) is 1. The summed E-state index contributed by atoms with van der Waals surface area (Å²) in [4.78, 5) is 25.9. The highest BCUT2D eigenvalue weighted by Crippen LogP contribution is 2.28. The van der Waals surface area contributed by atoms with Gasteiger partial charge in [-0.05, 0) is 43.2 Å². The van der Waals surface area contributed by atoms with Crippen molar-refractivity contribution in [1.29, 1.82) is 0 Å². The van der Waals surface area contributed by atoms with Gasteiger partial charge >= 0.3 is 5.97 Å². The molecule has 0 radical (unpaired) electrons. The molecule has 3 rings (SSSR count). The summed E-state index contributed by atoms with van der Waals surface area (Å²) in [5, 5.41) is 3.92. The van der Waals surface area contributed by atoms with Crippen LogP contribution in [-0.2, 0) is 9.53 Å². The summed E-state index contributed by atoms with van der Waals surface area (Å²) in [5.74, 6) is 0.493. The highest BCUT2D eigenvalue weighted by atomic mass is 35.5. The van der Waals surface area contributed by atoms with Crippen LogP contribution in [0, 0.1) is 0 Å². The Kier molecular flexibility index (Phi) is 11.1. The van der Waals surface area contributed by atoms with Gasteiger partial charge in [-0.15, -0.1) is 12.4 Å². The molecule has 0 spiro atoms.